The zero-order chi connectivity index (χ0) is 15.4. The Morgan fingerprint density at radius 2 is 1.81 bits per heavy atom. The SMILES string of the molecule is Cc1ccc(NC(=O)[C@H](C)Oc2ccc(Cl)cc2)cc1Cl. The Hall–Kier alpha value is -1.71. The van der Waals surface area contributed by atoms with Crippen LogP contribution in [0.3, 0.4) is 0 Å². The van der Waals surface area contributed by atoms with Crippen LogP contribution in [0.2, 0.25) is 10.0 Å². The second kappa shape index (κ2) is 6.83. The minimum absolute atomic E-state index is 0.245. The third kappa shape index (κ3) is 4.38. The van der Waals surface area contributed by atoms with Crippen molar-refractivity contribution in [1.82, 2.24) is 0 Å². The lowest BCUT2D eigenvalue weighted by Gasteiger charge is -2.15. The van der Waals surface area contributed by atoms with Crippen molar-refractivity contribution in [3.8, 4) is 5.75 Å². The molecule has 0 aliphatic heterocycles. The molecule has 1 N–H and O–H groups in total. The van der Waals surface area contributed by atoms with Gasteiger partial charge in [0.25, 0.3) is 5.91 Å². The van der Waals surface area contributed by atoms with Crippen LogP contribution < -0.4 is 10.1 Å². The van der Waals surface area contributed by atoms with Crippen molar-refractivity contribution in [3.05, 3.63) is 58.1 Å². The Balaban J connectivity index is 1.98. The molecule has 2 rings (SSSR count). The van der Waals surface area contributed by atoms with Crippen LogP contribution in [0.1, 0.15) is 12.5 Å². The molecule has 110 valence electrons. The first kappa shape index (κ1) is 15.7. The van der Waals surface area contributed by atoms with Crippen molar-refractivity contribution < 1.29 is 9.53 Å². The fraction of sp³-hybridized carbons (Fsp3) is 0.188. The molecule has 1 atom stereocenters. The van der Waals surface area contributed by atoms with E-state index < -0.39 is 6.10 Å². The number of nitrogens with one attached hydrogen (secondary N) is 1. The molecule has 2 aromatic carbocycles. The Bertz CT molecular complexity index is 641. The van der Waals surface area contributed by atoms with Gasteiger partial charge in [0.15, 0.2) is 6.10 Å². The first-order chi connectivity index (χ1) is 9.95. The third-order valence-electron chi connectivity index (χ3n) is 2.94. The number of rotatable bonds is 4. The standard InChI is InChI=1S/C16H15Cl2NO2/c1-10-3-6-13(9-15(10)18)19-16(20)11(2)21-14-7-4-12(17)5-8-14/h3-9,11H,1-2H3,(H,19,20)/t11-/m0/s1. The van der Waals surface area contributed by atoms with Gasteiger partial charge in [0.05, 0.1) is 0 Å². The van der Waals surface area contributed by atoms with Crippen LogP contribution in [-0.4, -0.2) is 12.0 Å². The van der Waals surface area contributed by atoms with Crippen LogP contribution >= 0.6 is 23.2 Å². The Morgan fingerprint density at radius 1 is 1.14 bits per heavy atom. The second-order valence-electron chi connectivity index (χ2n) is 4.67. The normalized spacial score (nSPS) is 11.8. The maximum absolute atomic E-state index is 12.1. The summed E-state index contributed by atoms with van der Waals surface area (Å²) in [4.78, 5) is 12.1. The minimum Gasteiger partial charge on any atom is -0.481 e. The lowest BCUT2D eigenvalue weighted by atomic mass is 10.2. The third-order valence-corrected chi connectivity index (χ3v) is 3.59. The minimum atomic E-state index is -0.633. The Kier molecular flexibility index (Phi) is 5.10. The van der Waals surface area contributed by atoms with Crippen molar-refractivity contribution in [3.63, 3.8) is 0 Å². The summed E-state index contributed by atoms with van der Waals surface area (Å²) in [7, 11) is 0. The highest BCUT2D eigenvalue weighted by atomic mass is 35.5. The summed E-state index contributed by atoms with van der Waals surface area (Å²) in [5, 5.41) is 4.00. The molecule has 0 bridgehead atoms. The highest BCUT2D eigenvalue weighted by Crippen LogP contribution is 2.21. The fourth-order valence-electron chi connectivity index (χ4n) is 1.69. The average Bonchev–Trinajstić information content (AvgIpc) is 2.45. The zero-order valence-electron chi connectivity index (χ0n) is 11.7. The van der Waals surface area contributed by atoms with Crippen LogP contribution in [-0.2, 0) is 4.79 Å². The van der Waals surface area contributed by atoms with E-state index in [2.05, 4.69) is 5.32 Å². The number of hydrogen-bond acceptors (Lipinski definition) is 2. The van der Waals surface area contributed by atoms with Gasteiger partial charge in [-0.1, -0.05) is 29.3 Å². The molecule has 0 radical (unpaired) electrons. The number of ether oxygens (including phenoxy) is 1. The van der Waals surface area contributed by atoms with E-state index in [0.717, 1.165) is 5.56 Å². The Morgan fingerprint density at radius 3 is 2.43 bits per heavy atom. The van der Waals surface area contributed by atoms with E-state index in [1.54, 1.807) is 43.3 Å². The molecule has 0 saturated heterocycles. The molecule has 2 aromatic rings. The number of halogens is 2. The lowest BCUT2D eigenvalue weighted by Crippen LogP contribution is -2.30. The summed E-state index contributed by atoms with van der Waals surface area (Å²) in [5.41, 5.74) is 1.60. The molecule has 21 heavy (non-hydrogen) atoms. The van der Waals surface area contributed by atoms with Gasteiger partial charge < -0.3 is 10.1 Å². The second-order valence-corrected chi connectivity index (χ2v) is 5.51. The molecular weight excluding hydrogens is 309 g/mol. The van der Waals surface area contributed by atoms with Crippen molar-refractivity contribution >= 4 is 34.8 Å². The molecule has 3 nitrogen and oxygen atoms in total. The molecule has 0 aromatic heterocycles. The highest BCUT2D eigenvalue weighted by Gasteiger charge is 2.15. The van der Waals surface area contributed by atoms with E-state index in [1.807, 2.05) is 13.0 Å². The summed E-state index contributed by atoms with van der Waals surface area (Å²) in [5.74, 6) is 0.342. The van der Waals surface area contributed by atoms with E-state index >= 15 is 0 Å². The van der Waals surface area contributed by atoms with Crippen LogP contribution in [0, 0.1) is 6.92 Å². The molecule has 0 saturated carbocycles. The van der Waals surface area contributed by atoms with E-state index in [0.29, 0.717) is 21.5 Å². The van der Waals surface area contributed by atoms with Gasteiger partial charge in [-0.3, -0.25) is 4.79 Å². The number of hydrogen-bond donors (Lipinski definition) is 1. The van der Waals surface area contributed by atoms with Gasteiger partial charge in [0, 0.05) is 15.7 Å². The fourth-order valence-corrected chi connectivity index (χ4v) is 1.99. The number of benzene rings is 2. The van der Waals surface area contributed by atoms with E-state index in [-0.39, 0.29) is 5.91 Å². The number of carbonyl (C=O) groups excluding carboxylic acids is 1. The van der Waals surface area contributed by atoms with Gasteiger partial charge in [0.2, 0.25) is 0 Å². The van der Waals surface area contributed by atoms with Gasteiger partial charge in [-0.25, -0.2) is 0 Å². The smallest absolute Gasteiger partial charge is 0.265 e. The molecule has 0 unspecified atom stereocenters. The number of aryl methyl sites for hydroxylation is 1. The predicted octanol–water partition coefficient (Wildman–Crippen LogP) is 4.71. The van der Waals surface area contributed by atoms with Crippen molar-refractivity contribution in [2.75, 3.05) is 5.32 Å². The lowest BCUT2D eigenvalue weighted by molar-refractivity contribution is -0.122. The Labute approximate surface area is 133 Å². The van der Waals surface area contributed by atoms with Crippen LogP contribution in [0.25, 0.3) is 0 Å². The zero-order valence-corrected chi connectivity index (χ0v) is 13.2. The monoisotopic (exact) mass is 323 g/mol. The van der Waals surface area contributed by atoms with Gasteiger partial charge >= 0.3 is 0 Å². The molecule has 1 amide bonds. The van der Waals surface area contributed by atoms with Crippen LogP contribution in [0.5, 0.6) is 5.75 Å². The molecular formula is C16H15Cl2NO2. The molecule has 0 heterocycles. The van der Waals surface area contributed by atoms with Crippen molar-refractivity contribution in [2.45, 2.75) is 20.0 Å². The van der Waals surface area contributed by atoms with E-state index in [4.69, 9.17) is 27.9 Å². The number of amides is 1. The predicted molar refractivity (Wildman–Crippen MR) is 86.4 cm³/mol. The summed E-state index contributed by atoms with van der Waals surface area (Å²) in [6, 6.07) is 12.2. The summed E-state index contributed by atoms with van der Waals surface area (Å²) < 4.78 is 5.55. The van der Waals surface area contributed by atoms with Crippen molar-refractivity contribution in [2.24, 2.45) is 0 Å². The topological polar surface area (TPSA) is 38.3 Å². The first-order valence-corrected chi connectivity index (χ1v) is 7.20. The largest absolute Gasteiger partial charge is 0.481 e. The average molecular weight is 324 g/mol. The highest BCUT2D eigenvalue weighted by molar-refractivity contribution is 6.31. The molecule has 0 fully saturated rings. The van der Waals surface area contributed by atoms with E-state index in [1.165, 1.54) is 0 Å². The maximum atomic E-state index is 12.1. The maximum Gasteiger partial charge on any atom is 0.265 e. The molecule has 0 aliphatic rings. The van der Waals surface area contributed by atoms with E-state index in [9.17, 15) is 4.79 Å². The molecule has 0 aliphatic carbocycles. The summed E-state index contributed by atoms with van der Waals surface area (Å²) in [6.45, 7) is 3.58. The quantitative estimate of drug-likeness (QED) is 0.885. The van der Waals surface area contributed by atoms with Gasteiger partial charge in [-0.2, -0.15) is 0 Å². The summed E-state index contributed by atoms with van der Waals surface area (Å²) in [6.07, 6.45) is -0.633. The van der Waals surface area contributed by atoms with Crippen molar-refractivity contribution in [1.29, 1.82) is 0 Å². The van der Waals surface area contributed by atoms with Gasteiger partial charge in [-0.15, -0.1) is 0 Å². The number of anilines is 1. The van der Waals surface area contributed by atoms with Gasteiger partial charge in [-0.05, 0) is 55.8 Å². The number of carbonyl (C=O) groups is 1. The molecule has 0 spiro atoms. The first-order valence-electron chi connectivity index (χ1n) is 6.45. The van der Waals surface area contributed by atoms with Crippen LogP contribution in [0.4, 0.5) is 5.69 Å². The molecule has 5 heteroatoms. The summed E-state index contributed by atoms with van der Waals surface area (Å²) >= 11 is 11.8. The van der Waals surface area contributed by atoms with Crippen LogP contribution in [0.15, 0.2) is 42.5 Å². The van der Waals surface area contributed by atoms with Gasteiger partial charge in [0.1, 0.15) is 5.75 Å².